The fraction of sp³-hybridized carbons (Fsp3) is 0.550. The molecule has 1 aromatic heterocycles. The van der Waals surface area contributed by atoms with Gasteiger partial charge in [0.15, 0.2) is 11.5 Å². The van der Waals surface area contributed by atoms with Gasteiger partial charge < -0.3 is 19.1 Å². The third-order valence-electron chi connectivity index (χ3n) is 5.07. The van der Waals surface area contributed by atoms with Crippen molar-refractivity contribution in [2.75, 3.05) is 46.4 Å². The number of methoxy groups -OCH3 is 1. The van der Waals surface area contributed by atoms with E-state index in [1.165, 1.54) is 5.56 Å². The van der Waals surface area contributed by atoms with Gasteiger partial charge in [-0.05, 0) is 31.5 Å². The van der Waals surface area contributed by atoms with E-state index in [2.05, 4.69) is 21.0 Å². The molecule has 1 aromatic carbocycles. The first kappa shape index (κ1) is 19.7. The van der Waals surface area contributed by atoms with Gasteiger partial charge in [0.1, 0.15) is 12.4 Å². The van der Waals surface area contributed by atoms with Crippen molar-refractivity contribution in [3.05, 3.63) is 40.8 Å². The summed E-state index contributed by atoms with van der Waals surface area (Å²) in [6.07, 6.45) is 0. The van der Waals surface area contributed by atoms with Crippen molar-refractivity contribution in [1.29, 1.82) is 0 Å². The Labute approximate surface area is 160 Å². The molecule has 0 aliphatic carbocycles. The summed E-state index contributed by atoms with van der Waals surface area (Å²) in [6.45, 7) is 10.1. The van der Waals surface area contributed by atoms with Crippen LogP contribution in [0.5, 0.6) is 11.5 Å². The number of aliphatic hydroxyl groups excluding tert-OH is 1. The van der Waals surface area contributed by atoms with Crippen LogP contribution in [-0.2, 0) is 13.2 Å². The number of hydrogen-bond acceptors (Lipinski definition) is 7. The Morgan fingerprint density at radius 3 is 2.48 bits per heavy atom. The lowest BCUT2D eigenvalue weighted by molar-refractivity contribution is 0.108. The molecule has 0 saturated carbocycles. The predicted molar refractivity (Wildman–Crippen MR) is 102 cm³/mol. The van der Waals surface area contributed by atoms with Crippen LogP contribution in [0.3, 0.4) is 0 Å². The number of nitrogens with zero attached hydrogens (tertiary/aromatic N) is 3. The lowest BCUT2D eigenvalue weighted by atomic mass is 10.1. The number of aryl methyl sites for hydroxylation is 2. The zero-order valence-corrected chi connectivity index (χ0v) is 16.4. The van der Waals surface area contributed by atoms with Crippen molar-refractivity contribution in [3.8, 4) is 11.5 Å². The van der Waals surface area contributed by atoms with Crippen molar-refractivity contribution >= 4 is 0 Å². The summed E-state index contributed by atoms with van der Waals surface area (Å²) in [5.41, 5.74) is 3.03. The Balaban J connectivity index is 1.59. The topological polar surface area (TPSA) is 71.2 Å². The first-order valence-corrected chi connectivity index (χ1v) is 9.37. The van der Waals surface area contributed by atoms with Crippen molar-refractivity contribution in [2.45, 2.75) is 27.0 Å². The Kier molecular flexibility index (Phi) is 6.71. The number of aliphatic hydroxyl groups is 1. The molecule has 3 rings (SSSR count). The molecule has 1 N–H and O–H groups in total. The number of ether oxygens (including phenoxy) is 2. The molecule has 7 heteroatoms. The first-order chi connectivity index (χ1) is 13.1. The molecule has 1 fully saturated rings. The minimum atomic E-state index is 0.229. The molecule has 27 heavy (non-hydrogen) atoms. The summed E-state index contributed by atoms with van der Waals surface area (Å²) in [5, 5.41) is 13.0. The molecule has 0 unspecified atom stereocenters. The highest BCUT2D eigenvalue weighted by molar-refractivity contribution is 5.43. The second-order valence-electron chi connectivity index (χ2n) is 6.92. The molecule has 2 heterocycles. The molecule has 2 aromatic rings. The zero-order valence-electron chi connectivity index (χ0n) is 16.4. The monoisotopic (exact) mass is 375 g/mol. The normalized spacial score (nSPS) is 15.9. The molecular formula is C20H29N3O4. The molecule has 148 valence electrons. The lowest BCUT2D eigenvalue weighted by Gasteiger charge is -2.34. The average molecular weight is 375 g/mol. The van der Waals surface area contributed by atoms with Crippen LogP contribution in [0.1, 0.15) is 22.6 Å². The Morgan fingerprint density at radius 2 is 1.85 bits per heavy atom. The van der Waals surface area contributed by atoms with Crippen LogP contribution < -0.4 is 9.47 Å². The van der Waals surface area contributed by atoms with Gasteiger partial charge in [0.25, 0.3) is 0 Å². The van der Waals surface area contributed by atoms with E-state index in [0.717, 1.165) is 62.0 Å². The maximum absolute atomic E-state index is 9.05. The summed E-state index contributed by atoms with van der Waals surface area (Å²) in [6, 6.07) is 6.10. The standard InChI is InChI=1S/C20H29N3O4/c1-15-18(16(2)27-21-15)14-26-19-5-4-17(12-20(19)25-3)13-23-8-6-22(7-9-23)10-11-24/h4-5,12,24H,6-11,13-14H2,1-3H3. The van der Waals surface area contributed by atoms with E-state index in [-0.39, 0.29) is 6.61 Å². The largest absolute Gasteiger partial charge is 0.493 e. The third-order valence-corrected chi connectivity index (χ3v) is 5.07. The van der Waals surface area contributed by atoms with Crippen LogP contribution in [0.2, 0.25) is 0 Å². The van der Waals surface area contributed by atoms with Crippen molar-refractivity contribution in [1.82, 2.24) is 15.0 Å². The minimum Gasteiger partial charge on any atom is -0.493 e. The van der Waals surface area contributed by atoms with Gasteiger partial charge in [-0.1, -0.05) is 11.2 Å². The van der Waals surface area contributed by atoms with Crippen LogP contribution >= 0.6 is 0 Å². The highest BCUT2D eigenvalue weighted by atomic mass is 16.5. The van der Waals surface area contributed by atoms with Gasteiger partial charge in [0.2, 0.25) is 0 Å². The van der Waals surface area contributed by atoms with E-state index in [1.54, 1.807) is 7.11 Å². The van der Waals surface area contributed by atoms with E-state index in [9.17, 15) is 0 Å². The summed E-state index contributed by atoms with van der Waals surface area (Å²) in [5.74, 6) is 2.23. The van der Waals surface area contributed by atoms with Gasteiger partial charge >= 0.3 is 0 Å². The highest BCUT2D eigenvalue weighted by Crippen LogP contribution is 2.30. The fourth-order valence-electron chi connectivity index (χ4n) is 3.36. The van der Waals surface area contributed by atoms with Gasteiger partial charge in [0, 0.05) is 39.3 Å². The Hall–Kier alpha value is -2.09. The molecule has 1 aliphatic heterocycles. The second-order valence-corrected chi connectivity index (χ2v) is 6.92. The second kappa shape index (κ2) is 9.21. The lowest BCUT2D eigenvalue weighted by Crippen LogP contribution is -2.46. The number of benzene rings is 1. The van der Waals surface area contributed by atoms with Gasteiger partial charge in [-0.15, -0.1) is 0 Å². The van der Waals surface area contributed by atoms with Gasteiger partial charge in [-0.25, -0.2) is 0 Å². The van der Waals surface area contributed by atoms with Crippen molar-refractivity contribution in [2.24, 2.45) is 0 Å². The molecule has 1 aliphatic rings. The van der Waals surface area contributed by atoms with Gasteiger partial charge in [-0.3, -0.25) is 9.80 Å². The van der Waals surface area contributed by atoms with E-state index in [4.69, 9.17) is 19.1 Å². The maximum Gasteiger partial charge on any atom is 0.161 e. The average Bonchev–Trinajstić information content (AvgIpc) is 3.00. The quantitative estimate of drug-likeness (QED) is 0.756. The SMILES string of the molecule is COc1cc(CN2CCN(CCO)CC2)ccc1OCc1c(C)noc1C. The first-order valence-electron chi connectivity index (χ1n) is 9.37. The Bertz CT molecular complexity index is 719. The minimum absolute atomic E-state index is 0.229. The molecule has 0 spiro atoms. The Morgan fingerprint density at radius 1 is 1.11 bits per heavy atom. The van der Waals surface area contributed by atoms with E-state index in [0.29, 0.717) is 12.4 Å². The maximum atomic E-state index is 9.05. The predicted octanol–water partition coefficient (Wildman–Crippen LogP) is 1.99. The van der Waals surface area contributed by atoms with Crippen LogP contribution in [0.4, 0.5) is 0 Å². The van der Waals surface area contributed by atoms with Crippen molar-refractivity contribution in [3.63, 3.8) is 0 Å². The zero-order chi connectivity index (χ0) is 19.2. The van der Waals surface area contributed by atoms with Crippen molar-refractivity contribution < 1.29 is 19.1 Å². The number of piperazine rings is 1. The van der Waals surface area contributed by atoms with Crippen LogP contribution in [-0.4, -0.2) is 66.5 Å². The number of rotatable bonds is 8. The van der Waals surface area contributed by atoms with Crippen LogP contribution in [0.25, 0.3) is 0 Å². The molecule has 7 nitrogen and oxygen atoms in total. The molecule has 0 atom stereocenters. The van der Waals surface area contributed by atoms with Gasteiger partial charge in [-0.2, -0.15) is 0 Å². The van der Waals surface area contributed by atoms with Crippen LogP contribution in [0, 0.1) is 13.8 Å². The highest BCUT2D eigenvalue weighted by Gasteiger charge is 2.17. The number of hydrogen-bond donors (Lipinski definition) is 1. The molecule has 1 saturated heterocycles. The van der Waals surface area contributed by atoms with E-state index >= 15 is 0 Å². The van der Waals surface area contributed by atoms with E-state index in [1.807, 2.05) is 26.0 Å². The molecule has 0 radical (unpaired) electrons. The van der Waals surface area contributed by atoms with Crippen LogP contribution in [0.15, 0.2) is 22.7 Å². The van der Waals surface area contributed by atoms with Gasteiger partial charge in [0.05, 0.1) is 25.0 Å². The molecule has 0 bridgehead atoms. The summed E-state index contributed by atoms with van der Waals surface area (Å²) < 4.78 is 16.7. The third kappa shape index (κ3) is 5.00. The molecular weight excluding hydrogens is 346 g/mol. The number of aromatic nitrogens is 1. The summed E-state index contributed by atoms with van der Waals surface area (Å²) in [4.78, 5) is 4.72. The summed E-state index contributed by atoms with van der Waals surface area (Å²) in [7, 11) is 1.66. The molecule has 0 amide bonds. The summed E-state index contributed by atoms with van der Waals surface area (Å²) >= 11 is 0. The number of β-amino-alcohol motifs (C(OH)–C–C–N with tert-alkyl or cyclic N) is 1. The van der Waals surface area contributed by atoms with E-state index < -0.39 is 0 Å². The smallest absolute Gasteiger partial charge is 0.161 e. The fourth-order valence-corrected chi connectivity index (χ4v) is 3.36.